The molecule has 2 N–H and O–H groups in total. The predicted octanol–water partition coefficient (Wildman–Crippen LogP) is 2.72. The van der Waals surface area contributed by atoms with Crippen LogP contribution in [0.15, 0.2) is 16.6 Å². The van der Waals surface area contributed by atoms with Crippen LogP contribution in [-0.2, 0) is 7.05 Å². The Kier molecular flexibility index (Phi) is 3.25. The number of rotatable bonds is 2. The molecule has 18 heavy (non-hydrogen) atoms. The lowest BCUT2D eigenvalue weighted by Crippen LogP contribution is -1.98. The normalized spacial score (nSPS) is 10.7. The Morgan fingerprint density at radius 3 is 2.50 bits per heavy atom. The molecule has 0 spiro atoms. The van der Waals surface area contributed by atoms with Gasteiger partial charge >= 0.3 is 0 Å². The van der Waals surface area contributed by atoms with Crippen molar-refractivity contribution in [3.63, 3.8) is 0 Å². The minimum absolute atomic E-state index is 0.0619. The molecule has 0 atom stereocenters. The van der Waals surface area contributed by atoms with Gasteiger partial charge in [0, 0.05) is 18.7 Å². The van der Waals surface area contributed by atoms with Crippen molar-refractivity contribution in [2.45, 2.75) is 0 Å². The van der Waals surface area contributed by atoms with Crippen LogP contribution in [0.25, 0.3) is 11.3 Å². The summed E-state index contributed by atoms with van der Waals surface area (Å²) in [5.41, 5.74) is 6.03. The molecule has 0 aliphatic heterocycles. The van der Waals surface area contributed by atoms with E-state index in [0.29, 0.717) is 10.2 Å². The zero-order valence-electron chi connectivity index (χ0n) is 9.67. The summed E-state index contributed by atoms with van der Waals surface area (Å²) in [5, 5.41) is 3.93. The third-order valence-corrected chi connectivity index (χ3v) is 3.29. The number of halogens is 3. The number of ether oxygens (including phenoxy) is 1. The van der Waals surface area contributed by atoms with E-state index in [9.17, 15) is 8.78 Å². The summed E-state index contributed by atoms with van der Waals surface area (Å²) < 4.78 is 34.1. The molecule has 0 bridgehead atoms. The molecule has 2 rings (SSSR count). The largest absolute Gasteiger partial charge is 0.494 e. The standard InChI is InChI=1S/C11H10BrF2N3O/c1-17-10(9(12)11(15)16-17)5-3-7(14)8(18-2)4-6(5)13/h3-4H,1-2H3,(H2,15,16). The van der Waals surface area contributed by atoms with E-state index < -0.39 is 11.6 Å². The maximum absolute atomic E-state index is 13.9. The van der Waals surface area contributed by atoms with E-state index in [0.717, 1.165) is 12.1 Å². The zero-order chi connectivity index (χ0) is 13.4. The highest BCUT2D eigenvalue weighted by Gasteiger charge is 2.19. The number of aromatic nitrogens is 2. The highest BCUT2D eigenvalue weighted by atomic mass is 79.9. The Labute approximate surface area is 110 Å². The van der Waals surface area contributed by atoms with E-state index in [1.165, 1.54) is 11.8 Å². The van der Waals surface area contributed by atoms with Gasteiger partial charge in [0.25, 0.3) is 0 Å². The van der Waals surface area contributed by atoms with Crippen LogP contribution in [0.3, 0.4) is 0 Å². The molecule has 4 nitrogen and oxygen atoms in total. The number of nitrogens with zero attached hydrogens (tertiary/aromatic N) is 2. The molecule has 96 valence electrons. The third kappa shape index (κ3) is 1.94. The summed E-state index contributed by atoms with van der Waals surface area (Å²) in [5.74, 6) is -1.21. The quantitative estimate of drug-likeness (QED) is 0.926. The van der Waals surface area contributed by atoms with Crippen LogP contribution < -0.4 is 10.5 Å². The molecule has 1 aromatic carbocycles. The zero-order valence-corrected chi connectivity index (χ0v) is 11.3. The molecule has 2 aromatic rings. The van der Waals surface area contributed by atoms with Crippen LogP contribution in [-0.4, -0.2) is 16.9 Å². The second-order valence-corrected chi connectivity index (χ2v) is 4.43. The van der Waals surface area contributed by atoms with Gasteiger partial charge in [-0.05, 0) is 22.0 Å². The van der Waals surface area contributed by atoms with Gasteiger partial charge in [-0.25, -0.2) is 8.78 Å². The first-order chi connectivity index (χ1) is 8.45. The summed E-state index contributed by atoms with van der Waals surface area (Å²) in [6.07, 6.45) is 0. The van der Waals surface area contributed by atoms with Gasteiger partial charge in [-0.2, -0.15) is 5.10 Å². The fourth-order valence-corrected chi connectivity index (χ4v) is 2.23. The summed E-state index contributed by atoms with van der Waals surface area (Å²) in [4.78, 5) is 0. The number of nitrogens with two attached hydrogens (primary N) is 1. The van der Waals surface area contributed by atoms with E-state index in [2.05, 4.69) is 21.0 Å². The van der Waals surface area contributed by atoms with E-state index in [1.54, 1.807) is 7.05 Å². The molecule has 0 aliphatic carbocycles. The van der Waals surface area contributed by atoms with E-state index in [-0.39, 0.29) is 17.1 Å². The van der Waals surface area contributed by atoms with Crippen molar-refractivity contribution in [3.05, 3.63) is 28.2 Å². The monoisotopic (exact) mass is 317 g/mol. The number of nitrogen functional groups attached to an aromatic ring is 1. The number of methoxy groups -OCH3 is 1. The molecule has 7 heteroatoms. The summed E-state index contributed by atoms with van der Waals surface area (Å²) in [6.45, 7) is 0. The van der Waals surface area contributed by atoms with Crippen LogP contribution in [0.2, 0.25) is 0 Å². The number of aryl methyl sites for hydroxylation is 1. The molecule has 0 saturated heterocycles. The van der Waals surface area contributed by atoms with Crippen molar-refractivity contribution < 1.29 is 13.5 Å². The van der Waals surface area contributed by atoms with Crippen molar-refractivity contribution >= 4 is 21.7 Å². The lowest BCUT2D eigenvalue weighted by atomic mass is 10.1. The Bertz CT molecular complexity index is 613. The second-order valence-electron chi connectivity index (χ2n) is 3.64. The third-order valence-electron chi connectivity index (χ3n) is 2.51. The van der Waals surface area contributed by atoms with Crippen molar-refractivity contribution in [2.75, 3.05) is 12.8 Å². The minimum atomic E-state index is -0.652. The molecule has 1 heterocycles. The smallest absolute Gasteiger partial charge is 0.165 e. The van der Waals surface area contributed by atoms with Crippen LogP contribution >= 0.6 is 15.9 Å². The second kappa shape index (κ2) is 4.56. The summed E-state index contributed by atoms with van der Waals surface area (Å²) in [6, 6.07) is 2.04. The van der Waals surface area contributed by atoms with Gasteiger partial charge in [-0.15, -0.1) is 0 Å². The molecule has 0 radical (unpaired) electrons. The van der Waals surface area contributed by atoms with E-state index in [1.807, 2.05) is 0 Å². The molecule has 1 aromatic heterocycles. The van der Waals surface area contributed by atoms with Crippen molar-refractivity contribution in [1.82, 2.24) is 9.78 Å². The van der Waals surface area contributed by atoms with Gasteiger partial charge in [-0.3, -0.25) is 4.68 Å². The van der Waals surface area contributed by atoms with Gasteiger partial charge in [0.1, 0.15) is 5.82 Å². The lowest BCUT2D eigenvalue weighted by Gasteiger charge is -2.08. The Morgan fingerprint density at radius 2 is 2.00 bits per heavy atom. The highest BCUT2D eigenvalue weighted by molar-refractivity contribution is 9.10. The number of hydrogen-bond donors (Lipinski definition) is 1. The number of hydrogen-bond acceptors (Lipinski definition) is 3. The van der Waals surface area contributed by atoms with Crippen LogP contribution in [0, 0.1) is 11.6 Å². The highest BCUT2D eigenvalue weighted by Crippen LogP contribution is 2.35. The van der Waals surface area contributed by atoms with E-state index in [4.69, 9.17) is 10.5 Å². The predicted molar refractivity (Wildman–Crippen MR) is 67.2 cm³/mol. The Morgan fingerprint density at radius 1 is 1.33 bits per heavy atom. The fourth-order valence-electron chi connectivity index (χ4n) is 1.68. The molecule has 0 amide bonds. The van der Waals surface area contributed by atoms with Crippen LogP contribution in [0.4, 0.5) is 14.6 Å². The van der Waals surface area contributed by atoms with Gasteiger partial charge in [0.15, 0.2) is 17.4 Å². The average molecular weight is 318 g/mol. The SMILES string of the molecule is COc1cc(F)c(-c2c(Br)c(N)nn2C)cc1F. The average Bonchev–Trinajstić information content (AvgIpc) is 2.56. The van der Waals surface area contributed by atoms with Gasteiger partial charge < -0.3 is 10.5 Å². The molecule has 0 aliphatic rings. The first kappa shape index (κ1) is 12.8. The van der Waals surface area contributed by atoms with Gasteiger partial charge in [-0.1, -0.05) is 0 Å². The molecular weight excluding hydrogens is 308 g/mol. The Hall–Kier alpha value is -1.63. The van der Waals surface area contributed by atoms with Gasteiger partial charge in [0.2, 0.25) is 0 Å². The first-order valence-corrected chi connectivity index (χ1v) is 5.76. The first-order valence-electron chi connectivity index (χ1n) is 4.97. The Balaban J connectivity index is 2.68. The molecule has 0 fully saturated rings. The van der Waals surface area contributed by atoms with Crippen molar-refractivity contribution in [2.24, 2.45) is 7.05 Å². The molecule has 0 unspecified atom stereocenters. The maximum atomic E-state index is 13.9. The summed E-state index contributed by atoms with van der Waals surface area (Å²) >= 11 is 3.20. The molecular formula is C11H10BrF2N3O. The number of benzene rings is 1. The van der Waals surface area contributed by atoms with E-state index >= 15 is 0 Å². The summed E-state index contributed by atoms with van der Waals surface area (Å²) in [7, 11) is 2.87. The minimum Gasteiger partial charge on any atom is -0.494 e. The fraction of sp³-hybridized carbons (Fsp3) is 0.182. The number of anilines is 1. The topological polar surface area (TPSA) is 53.1 Å². The van der Waals surface area contributed by atoms with Crippen LogP contribution in [0.1, 0.15) is 0 Å². The van der Waals surface area contributed by atoms with Gasteiger partial charge in [0.05, 0.1) is 17.3 Å². The lowest BCUT2D eigenvalue weighted by molar-refractivity contribution is 0.383. The maximum Gasteiger partial charge on any atom is 0.165 e. The van der Waals surface area contributed by atoms with Crippen molar-refractivity contribution in [3.8, 4) is 17.0 Å². The molecule has 0 saturated carbocycles. The van der Waals surface area contributed by atoms with Crippen molar-refractivity contribution in [1.29, 1.82) is 0 Å². The van der Waals surface area contributed by atoms with Crippen LogP contribution in [0.5, 0.6) is 5.75 Å².